The maximum atomic E-state index is 3.50. The molecule has 3 heterocycles. The molecule has 3 aliphatic heterocycles. The first-order chi connectivity index (χ1) is 3.84. The zero-order valence-corrected chi connectivity index (χ0v) is 5.22. The van der Waals surface area contributed by atoms with Crippen molar-refractivity contribution in [2.45, 2.75) is 19.0 Å². The van der Waals surface area contributed by atoms with Gasteiger partial charge < -0.3 is 5.32 Å². The van der Waals surface area contributed by atoms with E-state index >= 15 is 0 Å². The predicted molar refractivity (Wildman–Crippen MR) is 32.8 cm³/mol. The van der Waals surface area contributed by atoms with E-state index in [4.69, 9.17) is 0 Å². The summed E-state index contributed by atoms with van der Waals surface area (Å²) in [5, 5.41) is 3.50. The summed E-state index contributed by atoms with van der Waals surface area (Å²) in [6.45, 7) is 6.10. The molecular formula is C6H12N2. The van der Waals surface area contributed by atoms with Gasteiger partial charge in [-0.25, -0.2) is 0 Å². The second kappa shape index (κ2) is 1.45. The van der Waals surface area contributed by atoms with Crippen LogP contribution in [0.4, 0.5) is 0 Å². The van der Waals surface area contributed by atoms with Crippen LogP contribution in [0.3, 0.4) is 0 Å². The Morgan fingerprint density at radius 1 is 1.38 bits per heavy atom. The molecule has 3 fully saturated rings. The minimum atomic E-state index is 0.738. The number of rotatable bonds is 0. The van der Waals surface area contributed by atoms with Gasteiger partial charge in [-0.1, -0.05) is 0 Å². The van der Waals surface area contributed by atoms with Crippen molar-refractivity contribution in [2.75, 3.05) is 19.6 Å². The Kier molecular flexibility index (Phi) is 0.866. The summed E-state index contributed by atoms with van der Waals surface area (Å²) in [6, 6.07) is 1.57. The minimum absolute atomic E-state index is 0.738. The minimum Gasteiger partial charge on any atom is -0.308 e. The summed E-state index contributed by atoms with van der Waals surface area (Å²) in [5.41, 5.74) is 0. The van der Waals surface area contributed by atoms with Crippen LogP contribution in [0.25, 0.3) is 0 Å². The summed E-state index contributed by atoms with van der Waals surface area (Å²) in [5.74, 6) is 0. The van der Waals surface area contributed by atoms with Crippen LogP contribution in [0.15, 0.2) is 0 Å². The molecule has 0 amide bonds. The number of nitrogens with zero attached hydrogens (tertiary/aromatic N) is 1. The first kappa shape index (κ1) is 4.77. The highest BCUT2D eigenvalue weighted by molar-refractivity contribution is 4.94. The zero-order valence-electron chi connectivity index (χ0n) is 5.22. The lowest BCUT2D eigenvalue weighted by molar-refractivity contribution is 0.0577. The van der Waals surface area contributed by atoms with Gasteiger partial charge in [-0.05, 0) is 6.92 Å². The second-order valence-corrected chi connectivity index (χ2v) is 2.98. The molecule has 3 saturated heterocycles. The third-order valence-corrected chi connectivity index (χ3v) is 2.01. The molecule has 8 heavy (non-hydrogen) atoms. The first-order valence-corrected chi connectivity index (χ1v) is 3.33. The largest absolute Gasteiger partial charge is 0.308 e. The molecule has 1 N–H and O–H groups in total. The van der Waals surface area contributed by atoms with Gasteiger partial charge in [0.2, 0.25) is 0 Å². The third kappa shape index (κ3) is 0.565. The molecule has 1 unspecified atom stereocenters. The number of piperazine rings is 2. The summed E-state index contributed by atoms with van der Waals surface area (Å²) >= 11 is 0. The summed E-state index contributed by atoms with van der Waals surface area (Å²) in [7, 11) is 0. The van der Waals surface area contributed by atoms with Gasteiger partial charge in [-0.3, -0.25) is 4.90 Å². The van der Waals surface area contributed by atoms with E-state index in [1.165, 1.54) is 19.6 Å². The summed E-state index contributed by atoms with van der Waals surface area (Å²) in [6.07, 6.45) is 0. The van der Waals surface area contributed by atoms with Crippen molar-refractivity contribution in [1.29, 1.82) is 0 Å². The molecule has 0 aromatic rings. The van der Waals surface area contributed by atoms with Crippen LogP contribution in [0, 0.1) is 0 Å². The Bertz CT molecular complexity index is 86.7. The summed E-state index contributed by atoms with van der Waals surface area (Å²) in [4.78, 5) is 2.49. The SMILES string of the molecule is CC1CN2CC(C2)N1. The maximum Gasteiger partial charge on any atom is 0.0325 e. The monoisotopic (exact) mass is 112 g/mol. The Morgan fingerprint density at radius 2 is 2.12 bits per heavy atom. The fraction of sp³-hybridized carbons (Fsp3) is 1.00. The lowest BCUT2D eigenvalue weighted by Crippen LogP contribution is -2.68. The van der Waals surface area contributed by atoms with Crippen molar-refractivity contribution >= 4 is 0 Å². The molecule has 2 heteroatoms. The van der Waals surface area contributed by atoms with E-state index in [9.17, 15) is 0 Å². The molecule has 0 spiro atoms. The van der Waals surface area contributed by atoms with Gasteiger partial charge in [-0.2, -0.15) is 0 Å². The van der Waals surface area contributed by atoms with Crippen LogP contribution in [0.1, 0.15) is 6.92 Å². The molecule has 2 nitrogen and oxygen atoms in total. The highest BCUT2D eigenvalue weighted by atomic mass is 15.3. The number of hydrogen-bond acceptors (Lipinski definition) is 2. The highest BCUT2D eigenvalue weighted by Gasteiger charge is 2.33. The number of nitrogens with one attached hydrogen (secondary N) is 1. The molecule has 0 aliphatic carbocycles. The molecule has 46 valence electrons. The van der Waals surface area contributed by atoms with Crippen molar-refractivity contribution in [2.24, 2.45) is 0 Å². The predicted octanol–water partition coefficient (Wildman–Crippen LogP) is -0.338. The Balaban J connectivity index is 1.97. The van der Waals surface area contributed by atoms with Gasteiger partial charge in [0.15, 0.2) is 0 Å². The van der Waals surface area contributed by atoms with Crippen molar-refractivity contribution in [3.63, 3.8) is 0 Å². The van der Waals surface area contributed by atoms with Crippen molar-refractivity contribution in [3.8, 4) is 0 Å². The second-order valence-electron chi connectivity index (χ2n) is 2.98. The van der Waals surface area contributed by atoms with E-state index in [1.807, 2.05) is 0 Å². The van der Waals surface area contributed by atoms with Gasteiger partial charge in [0, 0.05) is 31.7 Å². The van der Waals surface area contributed by atoms with E-state index in [0.29, 0.717) is 0 Å². The van der Waals surface area contributed by atoms with Crippen molar-refractivity contribution < 1.29 is 0 Å². The van der Waals surface area contributed by atoms with Crippen LogP contribution in [-0.2, 0) is 0 Å². The molecule has 2 bridgehead atoms. The van der Waals surface area contributed by atoms with E-state index in [-0.39, 0.29) is 0 Å². The van der Waals surface area contributed by atoms with Crippen LogP contribution in [0.2, 0.25) is 0 Å². The average Bonchev–Trinajstić information content (AvgIpc) is 1.62. The molecule has 1 atom stereocenters. The van der Waals surface area contributed by atoms with Gasteiger partial charge in [0.05, 0.1) is 0 Å². The van der Waals surface area contributed by atoms with E-state index in [2.05, 4.69) is 17.1 Å². The smallest absolute Gasteiger partial charge is 0.0325 e. The van der Waals surface area contributed by atoms with E-state index in [0.717, 1.165) is 12.1 Å². The zero-order chi connectivity index (χ0) is 5.56. The van der Waals surface area contributed by atoms with Crippen LogP contribution >= 0.6 is 0 Å². The molecule has 3 aliphatic rings. The quantitative estimate of drug-likeness (QED) is 0.461. The van der Waals surface area contributed by atoms with Crippen LogP contribution < -0.4 is 5.32 Å². The van der Waals surface area contributed by atoms with Gasteiger partial charge in [0.1, 0.15) is 0 Å². The number of hydrogen-bond donors (Lipinski definition) is 1. The molecule has 0 radical (unpaired) electrons. The standard InChI is InChI=1S/C6H12N2/c1-5-2-8-3-6(4-8)7-5/h5-7H,2-4H2,1H3. The Hall–Kier alpha value is -0.0800. The Morgan fingerprint density at radius 3 is 2.38 bits per heavy atom. The van der Waals surface area contributed by atoms with Crippen LogP contribution in [-0.4, -0.2) is 36.6 Å². The van der Waals surface area contributed by atoms with E-state index in [1.54, 1.807) is 0 Å². The van der Waals surface area contributed by atoms with Gasteiger partial charge in [-0.15, -0.1) is 0 Å². The molecular weight excluding hydrogens is 100 g/mol. The lowest BCUT2D eigenvalue weighted by atomic mass is 10.0. The fourth-order valence-corrected chi connectivity index (χ4v) is 1.67. The van der Waals surface area contributed by atoms with Gasteiger partial charge in [0.25, 0.3) is 0 Å². The molecule has 3 rings (SSSR count). The summed E-state index contributed by atoms with van der Waals surface area (Å²) < 4.78 is 0. The normalized spacial score (nSPS) is 52.9. The first-order valence-electron chi connectivity index (χ1n) is 3.33. The Labute approximate surface area is 49.9 Å². The average molecular weight is 112 g/mol. The lowest BCUT2D eigenvalue weighted by Gasteiger charge is -2.48. The number of fused-ring (bicyclic) bond motifs is 2. The maximum absolute atomic E-state index is 3.50. The topological polar surface area (TPSA) is 15.3 Å². The van der Waals surface area contributed by atoms with Gasteiger partial charge >= 0.3 is 0 Å². The van der Waals surface area contributed by atoms with Crippen molar-refractivity contribution in [3.05, 3.63) is 0 Å². The fourth-order valence-electron chi connectivity index (χ4n) is 1.67. The molecule has 0 aromatic heterocycles. The molecule has 0 saturated carbocycles. The van der Waals surface area contributed by atoms with E-state index < -0.39 is 0 Å². The highest BCUT2D eigenvalue weighted by Crippen LogP contribution is 2.14. The van der Waals surface area contributed by atoms with Crippen LogP contribution in [0.5, 0.6) is 0 Å². The van der Waals surface area contributed by atoms with Crippen molar-refractivity contribution in [1.82, 2.24) is 10.2 Å². The molecule has 0 aromatic carbocycles. The third-order valence-electron chi connectivity index (χ3n) is 2.01.